The highest BCUT2D eigenvalue weighted by molar-refractivity contribution is 7.91. The second kappa shape index (κ2) is 6.19. The molecule has 0 saturated heterocycles. The molecule has 0 amide bonds. The fourth-order valence-electron chi connectivity index (χ4n) is 0.984. The number of alkyl halides is 2. The first kappa shape index (κ1) is 14.5. The molecule has 0 rings (SSSR count). The lowest BCUT2D eigenvalue weighted by molar-refractivity contribution is 0.410. The van der Waals surface area contributed by atoms with E-state index < -0.39 is 9.84 Å². The molecule has 0 aliphatic rings. The van der Waals surface area contributed by atoms with E-state index in [-0.39, 0.29) is 16.9 Å². The minimum absolute atomic E-state index is 0.191. The fraction of sp³-hybridized carbons (Fsp3) is 1.00. The Hall–Kier alpha value is 0.530. The second-order valence-electron chi connectivity index (χ2n) is 3.98. The van der Waals surface area contributed by atoms with Crippen LogP contribution in [0.2, 0.25) is 0 Å². The maximum absolute atomic E-state index is 11.4. The van der Waals surface area contributed by atoms with Gasteiger partial charge in [0.2, 0.25) is 0 Å². The highest BCUT2D eigenvalue weighted by atomic mass is 35.5. The molecule has 0 spiro atoms. The molecule has 0 bridgehead atoms. The zero-order chi connectivity index (χ0) is 11.2. The van der Waals surface area contributed by atoms with Crippen LogP contribution in [0.25, 0.3) is 0 Å². The van der Waals surface area contributed by atoms with Crippen LogP contribution in [0.4, 0.5) is 0 Å². The number of hydrogen-bond donors (Lipinski definition) is 0. The molecule has 0 fully saturated rings. The molecule has 86 valence electrons. The van der Waals surface area contributed by atoms with E-state index in [0.29, 0.717) is 24.6 Å². The number of hydrogen-bond acceptors (Lipinski definition) is 2. The summed E-state index contributed by atoms with van der Waals surface area (Å²) in [5, 5.41) is 0. The molecule has 0 aromatic carbocycles. The van der Waals surface area contributed by atoms with Gasteiger partial charge in [0, 0.05) is 17.5 Å². The number of rotatable bonds is 7. The molecule has 0 atom stereocenters. The van der Waals surface area contributed by atoms with Crippen molar-refractivity contribution in [2.24, 2.45) is 5.41 Å². The fourth-order valence-corrected chi connectivity index (χ4v) is 3.17. The Bertz CT molecular complexity index is 246. The van der Waals surface area contributed by atoms with E-state index in [1.807, 2.05) is 13.8 Å². The molecule has 0 saturated carbocycles. The van der Waals surface area contributed by atoms with Crippen LogP contribution in [0.15, 0.2) is 0 Å². The van der Waals surface area contributed by atoms with Crippen molar-refractivity contribution in [2.45, 2.75) is 26.7 Å². The Labute approximate surface area is 96.9 Å². The Morgan fingerprint density at radius 2 is 1.64 bits per heavy atom. The van der Waals surface area contributed by atoms with Crippen LogP contribution < -0.4 is 0 Å². The van der Waals surface area contributed by atoms with Gasteiger partial charge in [-0.1, -0.05) is 13.8 Å². The normalized spacial score (nSPS) is 13.1. The molecule has 5 heteroatoms. The Balaban J connectivity index is 4.16. The van der Waals surface area contributed by atoms with Crippen molar-refractivity contribution in [3.05, 3.63) is 0 Å². The molecule has 0 aliphatic carbocycles. The van der Waals surface area contributed by atoms with Crippen molar-refractivity contribution in [3.63, 3.8) is 0 Å². The minimum Gasteiger partial charge on any atom is -0.229 e. The first-order valence-electron chi connectivity index (χ1n) is 4.71. The predicted molar refractivity (Wildman–Crippen MR) is 63.1 cm³/mol. The highest BCUT2D eigenvalue weighted by Crippen LogP contribution is 2.25. The summed E-state index contributed by atoms with van der Waals surface area (Å²) in [5.74, 6) is 1.25. The Kier molecular flexibility index (Phi) is 6.42. The lowest BCUT2D eigenvalue weighted by atomic mass is 9.93. The van der Waals surface area contributed by atoms with Gasteiger partial charge < -0.3 is 0 Å². The monoisotopic (exact) mass is 260 g/mol. The molecule has 0 aromatic rings. The van der Waals surface area contributed by atoms with Gasteiger partial charge in [-0.2, -0.15) is 0 Å². The molecular weight excluding hydrogens is 243 g/mol. The zero-order valence-corrected chi connectivity index (χ0v) is 11.1. The maximum Gasteiger partial charge on any atom is 0.150 e. The minimum atomic E-state index is -2.90. The molecule has 0 radical (unpaired) electrons. The maximum atomic E-state index is 11.4. The number of halogens is 2. The smallest absolute Gasteiger partial charge is 0.150 e. The van der Waals surface area contributed by atoms with Crippen molar-refractivity contribution >= 4 is 33.0 Å². The third-order valence-corrected chi connectivity index (χ3v) is 5.32. The summed E-state index contributed by atoms with van der Waals surface area (Å²) in [7, 11) is -2.90. The van der Waals surface area contributed by atoms with Gasteiger partial charge >= 0.3 is 0 Å². The van der Waals surface area contributed by atoms with Crippen LogP contribution in [-0.2, 0) is 9.84 Å². The van der Waals surface area contributed by atoms with E-state index in [0.717, 1.165) is 0 Å². The van der Waals surface area contributed by atoms with Crippen LogP contribution in [-0.4, -0.2) is 31.7 Å². The van der Waals surface area contributed by atoms with Crippen LogP contribution in [0, 0.1) is 5.41 Å². The van der Waals surface area contributed by atoms with E-state index in [1.54, 1.807) is 0 Å². The summed E-state index contributed by atoms with van der Waals surface area (Å²) < 4.78 is 22.8. The summed E-state index contributed by atoms with van der Waals surface area (Å²) >= 11 is 11.5. The lowest BCUT2D eigenvalue weighted by Crippen LogP contribution is -2.25. The van der Waals surface area contributed by atoms with Gasteiger partial charge in [0.15, 0.2) is 0 Å². The van der Waals surface area contributed by atoms with Gasteiger partial charge in [-0.25, -0.2) is 8.42 Å². The molecule has 0 unspecified atom stereocenters. The van der Waals surface area contributed by atoms with E-state index >= 15 is 0 Å². The van der Waals surface area contributed by atoms with Crippen molar-refractivity contribution in [3.8, 4) is 0 Å². The van der Waals surface area contributed by atoms with Crippen LogP contribution in [0.3, 0.4) is 0 Å². The van der Waals surface area contributed by atoms with E-state index in [4.69, 9.17) is 23.2 Å². The highest BCUT2D eigenvalue weighted by Gasteiger charge is 2.24. The summed E-state index contributed by atoms with van der Waals surface area (Å²) in [6, 6.07) is 0. The van der Waals surface area contributed by atoms with Gasteiger partial charge in [-0.05, 0) is 18.3 Å². The largest absolute Gasteiger partial charge is 0.229 e. The third kappa shape index (κ3) is 5.42. The SMILES string of the molecule is CCCS(=O)(=O)CCC(C)(CCl)CCl. The summed E-state index contributed by atoms with van der Waals surface area (Å²) in [6.45, 7) is 3.77. The third-order valence-electron chi connectivity index (χ3n) is 2.18. The molecule has 14 heavy (non-hydrogen) atoms. The average Bonchev–Trinajstić information content (AvgIpc) is 2.14. The summed E-state index contributed by atoms with van der Waals surface area (Å²) in [5.41, 5.74) is -0.260. The lowest BCUT2D eigenvalue weighted by Gasteiger charge is -2.23. The van der Waals surface area contributed by atoms with E-state index in [2.05, 4.69) is 0 Å². The van der Waals surface area contributed by atoms with Gasteiger partial charge in [-0.3, -0.25) is 0 Å². The summed E-state index contributed by atoms with van der Waals surface area (Å²) in [4.78, 5) is 0. The van der Waals surface area contributed by atoms with Crippen LogP contribution in [0.1, 0.15) is 26.7 Å². The molecule has 0 aromatic heterocycles. The molecule has 0 N–H and O–H groups in total. The summed E-state index contributed by atoms with van der Waals surface area (Å²) in [6.07, 6.45) is 1.21. The standard InChI is InChI=1S/C9H18Cl2O2S/c1-3-5-14(12,13)6-4-9(2,7-10)8-11/h3-8H2,1-2H3. The van der Waals surface area contributed by atoms with Gasteiger partial charge in [0.1, 0.15) is 9.84 Å². The van der Waals surface area contributed by atoms with Crippen molar-refractivity contribution in [1.82, 2.24) is 0 Å². The Morgan fingerprint density at radius 1 is 1.14 bits per heavy atom. The average molecular weight is 261 g/mol. The van der Waals surface area contributed by atoms with E-state index in [1.165, 1.54) is 0 Å². The molecular formula is C9H18Cl2O2S. The topological polar surface area (TPSA) is 34.1 Å². The van der Waals surface area contributed by atoms with Crippen molar-refractivity contribution in [2.75, 3.05) is 23.3 Å². The van der Waals surface area contributed by atoms with E-state index in [9.17, 15) is 8.42 Å². The zero-order valence-electron chi connectivity index (χ0n) is 8.72. The predicted octanol–water partition coefficient (Wildman–Crippen LogP) is 2.69. The first-order valence-corrected chi connectivity index (χ1v) is 7.60. The molecule has 2 nitrogen and oxygen atoms in total. The second-order valence-corrected chi connectivity index (χ2v) is 6.82. The van der Waals surface area contributed by atoms with Gasteiger partial charge in [0.25, 0.3) is 0 Å². The van der Waals surface area contributed by atoms with Crippen LogP contribution in [0.5, 0.6) is 0 Å². The number of sulfone groups is 1. The van der Waals surface area contributed by atoms with Crippen molar-refractivity contribution < 1.29 is 8.42 Å². The quantitative estimate of drug-likeness (QED) is 0.660. The molecule has 0 heterocycles. The van der Waals surface area contributed by atoms with Gasteiger partial charge in [0.05, 0.1) is 5.75 Å². The Morgan fingerprint density at radius 3 is 2.00 bits per heavy atom. The first-order chi connectivity index (χ1) is 6.39. The van der Waals surface area contributed by atoms with Gasteiger partial charge in [-0.15, -0.1) is 23.2 Å². The van der Waals surface area contributed by atoms with Crippen molar-refractivity contribution in [1.29, 1.82) is 0 Å². The van der Waals surface area contributed by atoms with Crippen LogP contribution >= 0.6 is 23.2 Å². The molecule has 0 aliphatic heterocycles.